The van der Waals surface area contributed by atoms with Crippen molar-refractivity contribution in [3.8, 4) is 5.75 Å². The third kappa shape index (κ3) is 8.50. The molecule has 0 bridgehead atoms. The second kappa shape index (κ2) is 15.2. The van der Waals surface area contributed by atoms with E-state index in [4.69, 9.17) is 9.47 Å². The van der Waals surface area contributed by atoms with E-state index in [9.17, 15) is 9.59 Å². The molecular formula is C32H47N3O4. The fourth-order valence-corrected chi connectivity index (χ4v) is 4.69. The van der Waals surface area contributed by atoms with Crippen LogP contribution in [-0.2, 0) is 16.0 Å². The Bertz CT molecular complexity index is 1180. The van der Waals surface area contributed by atoms with E-state index in [1.807, 2.05) is 83.7 Å². The number of hydrogen-bond acceptors (Lipinski definition) is 4. The molecule has 1 aliphatic rings. The van der Waals surface area contributed by atoms with E-state index in [0.717, 1.165) is 28.9 Å². The van der Waals surface area contributed by atoms with Gasteiger partial charge in [-0.3, -0.25) is 4.79 Å². The molecule has 2 amide bonds. The molecule has 0 aliphatic carbocycles. The quantitative estimate of drug-likeness (QED) is 0.308. The normalized spacial score (nSPS) is 14.3. The zero-order valence-corrected chi connectivity index (χ0v) is 25.0. The fourth-order valence-electron chi connectivity index (χ4n) is 4.69. The van der Waals surface area contributed by atoms with Gasteiger partial charge < -0.3 is 24.7 Å². The first-order chi connectivity index (χ1) is 18.8. The lowest BCUT2D eigenvalue weighted by molar-refractivity contribution is -0.133. The number of hydrogen-bond donors (Lipinski definition) is 2. The van der Waals surface area contributed by atoms with Crippen molar-refractivity contribution in [3.05, 3.63) is 65.4 Å². The predicted molar refractivity (Wildman–Crippen MR) is 159 cm³/mol. The summed E-state index contributed by atoms with van der Waals surface area (Å²) in [5.41, 5.74) is 4.00. The number of methoxy groups -OCH3 is 1. The van der Waals surface area contributed by atoms with Crippen LogP contribution in [0, 0.1) is 0 Å². The average molecular weight is 538 g/mol. The van der Waals surface area contributed by atoms with Crippen LogP contribution in [0.25, 0.3) is 10.9 Å². The Balaban J connectivity index is 0.00000127. The van der Waals surface area contributed by atoms with Crippen molar-refractivity contribution in [2.45, 2.75) is 85.8 Å². The van der Waals surface area contributed by atoms with Crippen LogP contribution in [-0.4, -0.2) is 47.7 Å². The molecule has 2 heterocycles. The van der Waals surface area contributed by atoms with Crippen molar-refractivity contribution < 1.29 is 19.1 Å². The standard InChI is InChI=1S/C28H35N3O4.2C2H6/c1-28(2,3)35-27(33)29-17-8-7-11-24(32)31-18-16-22-21-9-5-6-10-23(21)30-25(22)26(31)19-12-14-20(34-4)15-13-19;2*1-2/h5-6,9-10,12-15,26,30H,7-8,11,16-18H2,1-4H3,(H,29,33);2*1-2H3. The highest BCUT2D eigenvalue weighted by Gasteiger charge is 2.34. The van der Waals surface area contributed by atoms with E-state index in [1.165, 1.54) is 10.9 Å². The van der Waals surface area contributed by atoms with Crippen LogP contribution < -0.4 is 10.1 Å². The first-order valence-corrected chi connectivity index (χ1v) is 14.3. The number of unbranched alkanes of at least 4 members (excludes halogenated alkanes) is 1. The molecule has 0 saturated heterocycles. The number of para-hydroxylation sites is 1. The molecule has 2 N–H and O–H groups in total. The summed E-state index contributed by atoms with van der Waals surface area (Å²) in [6.07, 6.45) is 2.23. The van der Waals surface area contributed by atoms with E-state index >= 15 is 0 Å². The lowest BCUT2D eigenvalue weighted by Gasteiger charge is -2.36. The summed E-state index contributed by atoms with van der Waals surface area (Å²) in [7, 11) is 1.65. The Hall–Kier alpha value is -3.48. The first kappa shape index (κ1) is 31.7. The van der Waals surface area contributed by atoms with Gasteiger partial charge in [0.1, 0.15) is 11.4 Å². The molecule has 1 aromatic heterocycles. The van der Waals surface area contributed by atoms with Crippen molar-refractivity contribution in [1.29, 1.82) is 0 Å². The van der Waals surface area contributed by atoms with Gasteiger partial charge >= 0.3 is 6.09 Å². The minimum absolute atomic E-state index is 0.118. The molecule has 7 heteroatoms. The van der Waals surface area contributed by atoms with Crippen molar-refractivity contribution in [1.82, 2.24) is 15.2 Å². The zero-order chi connectivity index (χ0) is 29.0. The Morgan fingerprint density at radius 2 is 1.67 bits per heavy atom. The molecular weight excluding hydrogens is 490 g/mol. The van der Waals surface area contributed by atoms with Crippen molar-refractivity contribution in [3.63, 3.8) is 0 Å². The van der Waals surface area contributed by atoms with Gasteiger partial charge in [-0.25, -0.2) is 4.79 Å². The number of alkyl carbamates (subject to hydrolysis) is 1. The molecule has 1 aliphatic heterocycles. The Morgan fingerprint density at radius 3 is 2.31 bits per heavy atom. The number of rotatable bonds is 7. The summed E-state index contributed by atoms with van der Waals surface area (Å²) in [6.45, 7) is 14.7. The van der Waals surface area contributed by atoms with E-state index in [2.05, 4.69) is 28.5 Å². The first-order valence-electron chi connectivity index (χ1n) is 14.3. The van der Waals surface area contributed by atoms with E-state index in [0.29, 0.717) is 32.4 Å². The minimum atomic E-state index is -0.522. The summed E-state index contributed by atoms with van der Waals surface area (Å²) in [6, 6.07) is 16.1. The molecule has 2 aromatic carbocycles. The highest BCUT2D eigenvalue weighted by Crippen LogP contribution is 2.39. The number of H-pyrrole nitrogens is 1. The van der Waals surface area contributed by atoms with Gasteiger partial charge in [-0.05, 0) is 69.4 Å². The van der Waals surface area contributed by atoms with Crippen LogP contribution in [0.1, 0.15) is 90.6 Å². The number of nitrogens with one attached hydrogen (secondary N) is 2. The molecule has 4 rings (SSSR count). The van der Waals surface area contributed by atoms with Crippen LogP contribution in [0.2, 0.25) is 0 Å². The highest BCUT2D eigenvalue weighted by molar-refractivity contribution is 5.86. The molecule has 39 heavy (non-hydrogen) atoms. The number of aromatic amines is 1. The molecule has 214 valence electrons. The van der Waals surface area contributed by atoms with Gasteiger partial charge in [0, 0.05) is 36.1 Å². The van der Waals surface area contributed by atoms with E-state index in [-0.39, 0.29) is 11.9 Å². The monoisotopic (exact) mass is 537 g/mol. The van der Waals surface area contributed by atoms with E-state index in [1.54, 1.807) is 7.11 Å². The Kier molecular flexibility index (Phi) is 12.4. The Morgan fingerprint density at radius 1 is 1.00 bits per heavy atom. The molecule has 1 atom stereocenters. The minimum Gasteiger partial charge on any atom is -0.497 e. The second-order valence-electron chi connectivity index (χ2n) is 9.96. The SMILES string of the molecule is CC.CC.COc1ccc(C2c3[nH]c4ccccc4c3CCN2C(=O)CCCCNC(=O)OC(C)(C)C)cc1. The van der Waals surface area contributed by atoms with Crippen LogP contribution in [0.5, 0.6) is 5.75 Å². The zero-order valence-electron chi connectivity index (χ0n) is 25.0. The second-order valence-corrected chi connectivity index (χ2v) is 9.96. The van der Waals surface area contributed by atoms with Gasteiger partial charge in [0.15, 0.2) is 0 Å². The molecule has 0 fully saturated rings. The summed E-state index contributed by atoms with van der Waals surface area (Å²) >= 11 is 0. The van der Waals surface area contributed by atoms with Crippen LogP contribution in [0.3, 0.4) is 0 Å². The molecule has 1 unspecified atom stereocenters. The largest absolute Gasteiger partial charge is 0.497 e. The average Bonchev–Trinajstić information content (AvgIpc) is 3.32. The molecule has 0 spiro atoms. The lowest BCUT2D eigenvalue weighted by atomic mass is 9.92. The van der Waals surface area contributed by atoms with Gasteiger partial charge in [0.25, 0.3) is 0 Å². The third-order valence-corrected chi connectivity index (χ3v) is 6.27. The van der Waals surface area contributed by atoms with Crippen molar-refractivity contribution in [2.24, 2.45) is 0 Å². The molecule has 3 aromatic rings. The van der Waals surface area contributed by atoms with E-state index < -0.39 is 11.7 Å². The number of amides is 2. The number of aromatic nitrogens is 1. The number of nitrogens with zero attached hydrogens (tertiary/aromatic N) is 1. The maximum absolute atomic E-state index is 13.4. The van der Waals surface area contributed by atoms with Crippen molar-refractivity contribution >= 4 is 22.9 Å². The summed E-state index contributed by atoms with van der Waals surface area (Å²) in [5.74, 6) is 0.907. The smallest absolute Gasteiger partial charge is 0.407 e. The maximum Gasteiger partial charge on any atom is 0.407 e. The van der Waals surface area contributed by atoms with Crippen LogP contribution in [0.15, 0.2) is 48.5 Å². The molecule has 0 radical (unpaired) electrons. The number of carbonyl (C=O) groups is 2. The number of benzene rings is 2. The van der Waals surface area contributed by atoms with Gasteiger partial charge in [0.05, 0.1) is 13.2 Å². The highest BCUT2D eigenvalue weighted by atomic mass is 16.6. The fraction of sp³-hybridized carbons (Fsp3) is 0.500. The van der Waals surface area contributed by atoms with Gasteiger partial charge in [0.2, 0.25) is 5.91 Å². The molecule has 7 nitrogen and oxygen atoms in total. The van der Waals surface area contributed by atoms with Crippen LogP contribution >= 0.6 is 0 Å². The number of fused-ring (bicyclic) bond motifs is 3. The third-order valence-electron chi connectivity index (χ3n) is 6.27. The molecule has 0 saturated carbocycles. The van der Waals surface area contributed by atoms with Crippen molar-refractivity contribution in [2.75, 3.05) is 20.2 Å². The summed E-state index contributed by atoms with van der Waals surface area (Å²) in [5, 5.41) is 3.99. The van der Waals surface area contributed by atoms with Crippen LogP contribution in [0.4, 0.5) is 4.79 Å². The topological polar surface area (TPSA) is 83.7 Å². The lowest BCUT2D eigenvalue weighted by Crippen LogP contribution is -2.40. The van der Waals surface area contributed by atoms with Gasteiger partial charge in [-0.15, -0.1) is 0 Å². The summed E-state index contributed by atoms with van der Waals surface area (Å²) in [4.78, 5) is 30.8. The number of ether oxygens (including phenoxy) is 2. The van der Waals surface area contributed by atoms with Gasteiger partial charge in [-0.2, -0.15) is 0 Å². The summed E-state index contributed by atoms with van der Waals surface area (Å²) < 4.78 is 10.6. The number of carbonyl (C=O) groups excluding carboxylic acids is 2. The maximum atomic E-state index is 13.4. The predicted octanol–water partition coefficient (Wildman–Crippen LogP) is 7.40. The Labute approximate surface area is 234 Å². The van der Waals surface area contributed by atoms with Gasteiger partial charge in [-0.1, -0.05) is 58.0 Å².